The van der Waals surface area contributed by atoms with Crippen LogP contribution in [0.1, 0.15) is 31.5 Å². The van der Waals surface area contributed by atoms with Gasteiger partial charge >= 0.3 is 12.2 Å². The first-order valence-electron chi connectivity index (χ1n) is 8.59. The Labute approximate surface area is 158 Å². The summed E-state index contributed by atoms with van der Waals surface area (Å²) in [6.45, 7) is 4.21. The van der Waals surface area contributed by atoms with Crippen LogP contribution in [0.15, 0.2) is 28.9 Å². The number of urea groups is 1. The lowest BCUT2D eigenvalue weighted by Crippen LogP contribution is -2.44. The fraction of sp³-hybridized carbons (Fsp3) is 0.471. The lowest BCUT2D eigenvalue weighted by molar-refractivity contribution is -0.137. The van der Waals surface area contributed by atoms with Crippen molar-refractivity contribution >= 4 is 17.7 Å². The lowest BCUT2D eigenvalue weighted by atomic mass is 9.91. The molecule has 1 saturated heterocycles. The molecule has 8 nitrogen and oxygen atoms in total. The molecule has 11 heteroatoms. The quantitative estimate of drug-likeness (QED) is 0.821. The van der Waals surface area contributed by atoms with Crippen LogP contribution in [0.5, 0.6) is 0 Å². The van der Waals surface area contributed by atoms with Gasteiger partial charge in [-0.25, -0.2) is 14.8 Å². The summed E-state index contributed by atoms with van der Waals surface area (Å²) in [4.78, 5) is 16.4. The van der Waals surface area contributed by atoms with E-state index in [1.807, 2.05) is 0 Å². The second-order valence-electron chi connectivity index (χ2n) is 7.05. The molecule has 0 radical (unpaired) electrons. The Morgan fingerprint density at radius 1 is 1.32 bits per heavy atom. The fourth-order valence-corrected chi connectivity index (χ4v) is 2.67. The van der Waals surface area contributed by atoms with Gasteiger partial charge in [-0.05, 0) is 18.6 Å². The molecule has 0 aliphatic carbocycles. The maximum atomic E-state index is 12.7. The number of hydrogen-bond acceptors (Lipinski definition) is 6. The molecule has 1 aliphatic rings. The predicted octanol–water partition coefficient (Wildman–Crippen LogP) is 3.02. The van der Waals surface area contributed by atoms with Gasteiger partial charge in [0, 0.05) is 30.8 Å². The number of anilines is 2. The number of hydrogen-bond donors (Lipinski definition) is 2. The number of halogens is 3. The third-order valence-corrected chi connectivity index (χ3v) is 4.43. The number of rotatable bonds is 4. The highest BCUT2D eigenvalue weighted by molar-refractivity contribution is 5.89. The van der Waals surface area contributed by atoms with Gasteiger partial charge < -0.3 is 9.63 Å². The van der Waals surface area contributed by atoms with Gasteiger partial charge in [0.15, 0.2) is 0 Å². The van der Waals surface area contributed by atoms with E-state index >= 15 is 0 Å². The first-order valence-corrected chi connectivity index (χ1v) is 8.59. The van der Waals surface area contributed by atoms with Crippen molar-refractivity contribution in [1.82, 2.24) is 15.1 Å². The molecule has 1 aliphatic heterocycles. The Kier molecular flexibility index (Phi) is 5.20. The SMILES string of the molecule is CC(C)(CO)c1cc(NC(=O)N2CCCN2c2ccc(C(F)(F)F)cn2)on1. The van der Waals surface area contributed by atoms with Crippen molar-refractivity contribution in [2.24, 2.45) is 0 Å². The van der Waals surface area contributed by atoms with Crippen molar-refractivity contribution in [1.29, 1.82) is 0 Å². The van der Waals surface area contributed by atoms with Gasteiger partial charge in [0.1, 0.15) is 5.82 Å². The van der Waals surface area contributed by atoms with Crippen LogP contribution in [0.3, 0.4) is 0 Å². The monoisotopic (exact) mass is 399 g/mol. The normalized spacial score (nSPS) is 15.2. The second kappa shape index (κ2) is 7.30. The first-order chi connectivity index (χ1) is 13.1. The number of pyridine rings is 1. The third-order valence-electron chi connectivity index (χ3n) is 4.43. The van der Waals surface area contributed by atoms with E-state index in [2.05, 4.69) is 15.5 Å². The van der Waals surface area contributed by atoms with Crippen molar-refractivity contribution in [3.63, 3.8) is 0 Å². The number of nitrogens with one attached hydrogen (secondary N) is 1. The number of aromatic nitrogens is 2. The van der Waals surface area contributed by atoms with E-state index in [4.69, 9.17) is 4.52 Å². The van der Waals surface area contributed by atoms with Crippen molar-refractivity contribution in [3.05, 3.63) is 35.7 Å². The second-order valence-corrected chi connectivity index (χ2v) is 7.05. The number of amides is 2. The summed E-state index contributed by atoms with van der Waals surface area (Å²) in [6.07, 6.45) is -3.10. The average molecular weight is 399 g/mol. The van der Waals surface area contributed by atoms with Crippen molar-refractivity contribution in [2.45, 2.75) is 31.9 Å². The highest BCUT2D eigenvalue weighted by atomic mass is 19.4. The zero-order valence-electron chi connectivity index (χ0n) is 15.3. The highest BCUT2D eigenvalue weighted by Crippen LogP contribution is 2.30. The molecule has 0 spiro atoms. The minimum Gasteiger partial charge on any atom is -0.395 e. The summed E-state index contributed by atoms with van der Waals surface area (Å²) in [5, 5.41) is 18.6. The Bertz CT molecular complexity index is 835. The number of carbonyl (C=O) groups excluding carboxylic acids is 1. The number of carbonyl (C=O) groups is 1. The van der Waals surface area contributed by atoms with Crippen molar-refractivity contribution in [2.75, 3.05) is 30.0 Å². The Hall–Kier alpha value is -2.82. The molecule has 0 atom stereocenters. The van der Waals surface area contributed by atoms with Gasteiger partial charge in [-0.2, -0.15) is 13.2 Å². The Balaban J connectivity index is 1.71. The molecule has 1 fully saturated rings. The summed E-state index contributed by atoms with van der Waals surface area (Å²) in [6, 6.07) is 3.15. The van der Waals surface area contributed by atoms with Gasteiger partial charge in [0.05, 0.1) is 17.9 Å². The van der Waals surface area contributed by atoms with E-state index in [1.54, 1.807) is 13.8 Å². The summed E-state index contributed by atoms with van der Waals surface area (Å²) >= 11 is 0. The topological polar surface area (TPSA) is 94.7 Å². The molecular weight excluding hydrogens is 379 g/mol. The first kappa shape index (κ1) is 19.9. The van der Waals surface area contributed by atoms with Crippen LogP contribution in [-0.2, 0) is 11.6 Å². The minimum absolute atomic E-state index is 0.105. The van der Waals surface area contributed by atoms with Crippen LogP contribution in [0, 0.1) is 0 Å². The van der Waals surface area contributed by atoms with E-state index in [0.717, 1.165) is 12.3 Å². The molecule has 3 heterocycles. The summed E-state index contributed by atoms with van der Waals surface area (Å²) in [5.74, 6) is 0.342. The van der Waals surface area contributed by atoms with E-state index in [9.17, 15) is 23.1 Å². The molecule has 2 N–H and O–H groups in total. The van der Waals surface area contributed by atoms with Crippen LogP contribution < -0.4 is 10.3 Å². The van der Waals surface area contributed by atoms with Crippen molar-refractivity contribution < 1.29 is 27.6 Å². The fourth-order valence-electron chi connectivity index (χ4n) is 2.67. The van der Waals surface area contributed by atoms with E-state index in [-0.39, 0.29) is 18.3 Å². The molecule has 3 rings (SSSR count). The maximum Gasteiger partial charge on any atom is 0.417 e. The molecule has 28 heavy (non-hydrogen) atoms. The van der Waals surface area contributed by atoms with Crippen LogP contribution in [-0.4, -0.2) is 46.0 Å². The molecule has 0 bridgehead atoms. The standard InChI is InChI=1S/C17H20F3N5O3/c1-16(2,10-26)12-8-14(28-23-12)22-15(27)25-7-3-6-24(25)13-5-4-11(9-21-13)17(18,19)20/h4-5,8-9,26H,3,6-7,10H2,1-2H3,(H,22,27). The van der Waals surface area contributed by atoms with E-state index in [1.165, 1.54) is 22.2 Å². The summed E-state index contributed by atoms with van der Waals surface area (Å²) in [7, 11) is 0. The highest BCUT2D eigenvalue weighted by Gasteiger charge is 2.33. The minimum atomic E-state index is -4.47. The van der Waals surface area contributed by atoms with Crippen LogP contribution in [0.25, 0.3) is 0 Å². The molecular formula is C17H20F3N5O3. The van der Waals surface area contributed by atoms with Gasteiger partial charge in [-0.3, -0.25) is 10.3 Å². The summed E-state index contributed by atoms with van der Waals surface area (Å²) in [5.41, 5.74) is -1.00. The van der Waals surface area contributed by atoms with E-state index < -0.39 is 23.2 Å². The molecule has 0 unspecified atom stereocenters. The van der Waals surface area contributed by atoms with Gasteiger partial charge in [-0.15, -0.1) is 0 Å². The smallest absolute Gasteiger partial charge is 0.395 e. The van der Waals surface area contributed by atoms with Crippen LogP contribution in [0.2, 0.25) is 0 Å². The summed E-state index contributed by atoms with van der Waals surface area (Å²) < 4.78 is 43.2. The number of aliphatic hydroxyl groups is 1. The van der Waals surface area contributed by atoms with Crippen molar-refractivity contribution in [3.8, 4) is 0 Å². The van der Waals surface area contributed by atoms with Gasteiger partial charge in [0.2, 0.25) is 5.88 Å². The van der Waals surface area contributed by atoms with E-state index in [0.29, 0.717) is 25.2 Å². The molecule has 152 valence electrons. The van der Waals surface area contributed by atoms with Gasteiger partial charge in [0.25, 0.3) is 0 Å². The molecule has 0 saturated carbocycles. The number of hydrazine groups is 1. The number of alkyl halides is 3. The van der Waals surface area contributed by atoms with Gasteiger partial charge in [-0.1, -0.05) is 19.0 Å². The molecule has 2 aromatic rings. The van der Waals surface area contributed by atoms with Crippen LogP contribution in [0.4, 0.5) is 29.7 Å². The lowest BCUT2D eigenvalue weighted by Gasteiger charge is -2.28. The molecule has 2 aromatic heterocycles. The molecule has 0 aromatic carbocycles. The molecule has 2 amide bonds. The number of nitrogens with zero attached hydrogens (tertiary/aromatic N) is 4. The average Bonchev–Trinajstić information content (AvgIpc) is 3.31. The predicted molar refractivity (Wildman–Crippen MR) is 93.5 cm³/mol. The largest absolute Gasteiger partial charge is 0.417 e. The van der Waals surface area contributed by atoms with Crippen LogP contribution >= 0.6 is 0 Å². The Morgan fingerprint density at radius 3 is 2.68 bits per heavy atom. The number of aliphatic hydroxyl groups excluding tert-OH is 1. The zero-order valence-corrected chi connectivity index (χ0v) is 15.3. The zero-order chi connectivity index (χ0) is 20.5. The third kappa shape index (κ3) is 4.03. The maximum absolute atomic E-state index is 12.7. The Morgan fingerprint density at radius 2 is 2.07 bits per heavy atom.